The molecule has 3 aromatic rings. The molecule has 1 aliphatic rings. The number of amides is 1. The zero-order chi connectivity index (χ0) is 18.1. The van der Waals surface area contributed by atoms with E-state index in [4.69, 9.17) is 9.47 Å². The molecule has 1 amide bonds. The lowest BCUT2D eigenvalue weighted by Crippen LogP contribution is -2.35. The van der Waals surface area contributed by atoms with Crippen molar-refractivity contribution < 1.29 is 14.3 Å². The molecule has 1 N–H and O–H groups in total. The molecule has 0 fully saturated rings. The molecular formula is C21H22N2O3. The first kappa shape index (κ1) is 16.5. The summed E-state index contributed by atoms with van der Waals surface area (Å²) >= 11 is 0. The molecule has 1 aromatic heterocycles. The Balaban J connectivity index is 1.59. The van der Waals surface area contributed by atoms with E-state index in [1.54, 1.807) is 7.11 Å². The second kappa shape index (κ2) is 6.75. The summed E-state index contributed by atoms with van der Waals surface area (Å²) in [5.74, 6) is 1.51. The predicted molar refractivity (Wildman–Crippen MR) is 101 cm³/mol. The Bertz CT molecular complexity index is 947. The number of nitrogens with zero attached hydrogens (tertiary/aromatic N) is 1. The van der Waals surface area contributed by atoms with E-state index >= 15 is 0 Å². The number of rotatable bonds is 4. The van der Waals surface area contributed by atoms with Crippen LogP contribution in [-0.4, -0.2) is 36.1 Å². The monoisotopic (exact) mass is 350 g/mol. The first-order valence-corrected chi connectivity index (χ1v) is 8.80. The van der Waals surface area contributed by atoms with Gasteiger partial charge in [-0.3, -0.25) is 4.79 Å². The van der Waals surface area contributed by atoms with Crippen molar-refractivity contribution in [3.05, 3.63) is 59.3 Å². The molecule has 1 aliphatic heterocycles. The van der Waals surface area contributed by atoms with Crippen LogP contribution >= 0.6 is 0 Å². The summed E-state index contributed by atoms with van der Waals surface area (Å²) in [6.07, 6.45) is 0.822. The van der Waals surface area contributed by atoms with E-state index in [0.717, 1.165) is 28.9 Å². The van der Waals surface area contributed by atoms with Gasteiger partial charge in [0, 0.05) is 28.7 Å². The lowest BCUT2D eigenvalue weighted by Gasteiger charge is -2.22. The molecule has 0 radical (unpaired) electrons. The first-order valence-electron chi connectivity index (χ1n) is 8.80. The van der Waals surface area contributed by atoms with Gasteiger partial charge in [0.2, 0.25) is 0 Å². The van der Waals surface area contributed by atoms with Crippen molar-refractivity contribution in [3.8, 4) is 11.5 Å². The average Bonchev–Trinajstić information content (AvgIpc) is 2.86. The van der Waals surface area contributed by atoms with E-state index in [2.05, 4.69) is 11.9 Å². The van der Waals surface area contributed by atoms with Gasteiger partial charge < -0.3 is 19.4 Å². The number of nitrogens with one attached hydrogen (secondary N) is 1. The number of benzene rings is 2. The number of aromatic amines is 1. The number of carbonyl (C=O) groups is 1. The van der Waals surface area contributed by atoms with Crippen molar-refractivity contribution in [3.63, 3.8) is 0 Å². The van der Waals surface area contributed by atoms with Crippen molar-refractivity contribution in [1.82, 2.24) is 9.88 Å². The number of hydrogen-bond acceptors (Lipinski definition) is 3. The Kier molecular flexibility index (Phi) is 4.29. The van der Waals surface area contributed by atoms with Crippen LogP contribution in [0.5, 0.6) is 11.5 Å². The van der Waals surface area contributed by atoms with Gasteiger partial charge in [0.25, 0.3) is 5.91 Å². The smallest absolute Gasteiger partial charge is 0.260 e. The molecule has 2 heterocycles. The molecule has 5 heteroatoms. The number of H-pyrrole nitrogens is 1. The Morgan fingerprint density at radius 1 is 1.15 bits per heavy atom. The minimum Gasteiger partial charge on any atom is -0.496 e. The Hall–Kier alpha value is -2.95. The summed E-state index contributed by atoms with van der Waals surface area (Å²) in [7, 11) is 1.67. The van der Waals surface area contributed by atoms with Crippen LogP contribution in [0.15, 0.2) is 42.5 Å². The van der Waals surface area contributed by atoms with Crippen molar-refractivity contribution in [2.24, 2.45) is 0 Å². The van der Waals surface area contributed by atoms with E-state index in [1.807, 2.05) is 47.4 Å². The Morgan fingerprint density at radius 2 is 1.96 bits per heavy atom. The molecule has 0 atom stereocenters. The second-order valence-corrected chi connectivity index (χ2v) is 6.56. The topological polar surface area (TPSA) is 54.6 Å². The van der Waals surface area contributed by atoms with Gasteiger partial charge in [-0.05, 0) is 43.2 Å². The zero-order valence-corrected chi connectivity index (χ0v) is 15.0. The third-order valence-electron chi connectivity index (χ3n) is 5.01. The van der Waals surface area contributed by atoms with E-state index in [0.29, 0.717) is 18.8 Å². The fraction of sp³-hybridized carbons (Fsp3) is 0.286. The Labute approximate surface area is 152 Å². The van der Waals surface area contributed by atoms with Crippen LogP contribution in [0.1, 0.15) is 16.8 Å². The molecule has 0 bridgehead atoms. The highest BCUT2D eigenvalue weighted by atomic mass is 16.5. The lowest BCUT2D eigenvalue weighted by molar-refractivity contribution is -0.133. The van der Waals surface area contributed by atoms with Gasteiger partial charge >= 0.3 is 0 Å². The summed E-state index contributed by atoms with van der Waals surface area (Å²) in [5, 5.41) is 1.20. The van der Waals surface area contributed by atoms with Gasteiger partial charge in [0.1, 0.15) is 11.5 Å². The number of carbonyl (C=O) groups excluding carboxylic acids is 1. The number of ether oxygens (including phenoxy) is 2. The predicted octanol–water partition coefficient (Wildman–Crippen LogP) is 3.45. The molecule has 0 spiro atoms. The summed E-state index contributed by atoms with van der Waals surface area (Å²) in [6, 6.07) is 13.4. The summed E-state index contributed by atoms with van der Waals surface area (Å²) in [4.78, 5) is 18.1. The van der Waals surface area contributed by atoms with Crippen molar-refractivity contribution in [1.29, 1.82) is 0 Å². The molecule has 134 valence electrons. The highest BCUT2D eigenvalue weighted by Gasteiger charge is 2.25. The fourth-order valence-corrected chi connectivity index (χ4v) is 3.69. The van der Waals surface area contributed by atoms with Crippen LogP contribution in [0.4, 0.5) is 0 Å². The van der Waals surface area contributed by atoms with E-state index in [1.165, 1.54) is 10.9 Å². The molecule has 2 aromatic carbocycles. The van der Waals surface area contributed by atoms with E-state index in [-0.39, 0.29) is 12.5 Å². The summed E-state index contributed by atoms with van der Waals surface area (Å²) < 4.78 is 11.2. The standard InChI is InChI=1S/C21H22N2O3/c1-14-16-10-11-23(20(24)13-26-15-6-4-3-5-7-15)12-17-19(25-2)9-8-18(22-14)21(16)17/h3-9,22H,10-13H2,1-2H3. The van der Waals surface area contributed by atoms with Crippen molar-refractivity contribution >= 4 is 16.8 Å². The maximum absolute atomic E-state index is 12.8. The third-order valence-corrected chi connectivity index (χ3v) is 5.01. The minimum absolute atomic E-state index is 0.0142. The summed E-state index contributed by atoms with van der Waals surface area (Å²) in [5.41, 5.74) is 4.59. The first-order chi connectivity index (χ1) is 12.7. The molecule has 5 nitrogen and oxygen atoms in total. The highest BCUT2D eigenvalue weighted by molar-refractivity contribution is 5.91. The maximum Gasteiger partial charge on any atom is 0.260 e. The summed E-state index contributed by atoms with van der Waals surface area (Å²) in [6.45, 7) is 3.32. The second-order valence-electron chi connectivity index (χ2n) is 6.56. The number of methoxy groups -OCH3 is 1. The normalized spacial score (nSPS) is 13.5. The third kappa shape index (κ3) is 2.90. The number of aromatic nitrogens is 1. The van der Waals surface area contributed by atoms with Gasteiger partial charge in [0.15, 0.2) is 6.61 Å². The van der Waals surface area contributed by atoms with Crippen molar-refractivity contribution in [2.45, 2.75) is 19.9 Å². The number of hydrogen-bond donors (Lipinski definition) is 1. The average molecular weight is 350 g/mol. The molecule has 0 saturated carbocycles. The van der Waals surface area contributed by atoms with Crippen LogP contribution in [0.2, 0.25) is 0 Å². The van der Waals surface area contributed by atoms with E-state index < -0.39 is 0 Å². The molecule has 0 aliphatic carbocycles. The minimum atomic E-state index is -0.0142. The molecule has 26 heavy (non-hydrogen) atoms. The molecule has 0 saturated heterocycles. The fourth-order valence-electron chi connectivity index (χ4n) is 3.69. The number of para-hydroxylation sites is 1. The van der Waals surface area contributed by atoms with Crippen LogP contribution in [0.3, 0.4) is 0 Å². The SMILES string of the molecule is COc1ccc2[nH]c(C)c3c2c1CN(C(=O)COc1ccccc1)CC3. The van der Waals surface area contributed by atoms with Gasteiger partial charge in [-0.25, -0.2) is 0 Å². The quantitative estimate of drug-likeness (QED) is 0.784. The zero-order valence-electron chi connectivity index (χ0n) is 15.0. The van der Waals surface area contributed by atoms with Crippen LogP contribution in [-0.2, 0) is 17.8 Å². The molecule has 0 unspecified atom stereocenters. The number of aryl methyl sites for hydroxylation is 1. The van der Waals surface area contributed by atoms with Gasteiger partial charge in [0.05, 0.1) is 13.7 Å². The van der Waals surface area contributed by atoms with Gasteiger partial charge in [-0.1, -0.05) is 18.2 Å². The largest absolute Gasteiger partial charge is 0.496 e. The van der Waals surface area contributed by atoms with Crippen LogP contribution in [0, 0.1) is 6.92 Å². The van der Waals surface area contributed by atoms with Crippen molar-refractivity contribution in [2.75, 3.05) is 20.3 Å². The highest BCUT2D eigenvalue weighted by Crippen LogP contribution is 2.35. The van der Waals surface area contributed by atoms with Gasteiger partial charge in [-0.2, -0.15) is 0 Å². The lowest BCUT2D eigenvalue weighted by atomic mass is 10.0. The molecule has 4 rings (SSSR count). The van der Waals surface area contributed by atoms with Gasteiger partial charge in [-0.15, -0.1) is 0 Å². The maximum atomic E-state index is 12.8. The van der Waals surface area contributed by atoms with Crippen LogP contribution < -0.4 is 9.47 Å². The van der Waals surface area contributed by atoms with E-state index in [9.17, 15) is 4.79 Å². The Morgan fingerprint density at radius 3 is 2.73 bits per heavy atom. The van der Waals surface area contributed by atoms with Crippen LogP contribution in [0.25, 0.3) is 10.9 Å². The molecular weight excluding hydrogens is 328 g/mol.